The molecule has 1 aromatic rings. The fraction of sp³-hybridized carbons (Fsp3) is 0.533. The second-order valence-corrected chi connectivity index (χ2v) is 5.44. The first-order chi connectivity index (χ1) is 9.69. The molecule has 2 rings (SSSR count). The Morgan fingerprint density at radius 3 is 2.85 bits per heavy atom. The molecule has 0 saturated carbocycles. The van der Waals surface area contributed by atoms with E-state index in [4.69, 9.17) is 16.3 Å². The van der Waals surface area contributed by atoms with Crippen LogP contribution in [0.4, 0.5) is 11.4 Å². The molecule has 1 aliphatic heterocycles. The minimum Gasteiger partial charge on any atom is -0.383 e. The standard InChI is InChI=1S/C15H21ClN2O2/c1-2-15(19)18-12-3-4-13(16)14(9-12)17-10-11-5-7-20-8-6-11/h3-4,9,11,17H,2,5-8,10H2,1H3,(H,18,19). The van der Waals surface area contributed by atoms with Crippen molar-refractivity contribution in [3.8, 4) is 0 Å². The van der Waals surface area contributed by atoms with Crippen molar-refractivity contribution in [3.63, 3.8) is 0 Å². The van der Waals surface area contributed by atoms with E-state index in [1.54, 1.807) is 6.07 Å². The number of carbonyl (C=O) groups excluding carboxylic acids is 1. The van der Waals surface area contributed by atoms with Gasteiger partial charge in [-0.15, -0.1) is 0 Å². The number of ether oxygens (including phenoxy) is 1. The molecule has 1 aromatic carbocycles. The number of amides is 1. The molecule has 0 aliphatic carbocycles. The predicted octanol–water partition coefficient (Wildman–Crippen LogP) is 3.53. The van der Waals surface area contributed by atoms with E-state index < -0.39 is 0 Å². The molecule has 5 heteroatoms. The molecule has 1 fully saturated rings. The Morgan fingerprint density at radius 1 is 1.40 bits per heavy atom. The Hall–Kier alpha value is -1.26. The lowest BCUT2D eigenvalue weighted by Crippen LogP contribution is -2.22. The van der Waals surface area contributed by atoms with Crippen LogP contribution in [0, 0.1) is 5.92 Å². The van der Waals surface area contributed by atoms with Crippen molar-refractivity contribution in [1.82, 2.24) is 0 Å². The van der Waals surface area contributed by atoms with Crippen LogP contribution in [0.1, 0.15) is 26.2 Å². The lowest BCUT2D eigenvalue weighted by molar-refractivity contribution is -0.115. The van der Waals surface area contributed by atoms with Crippen LogP contribution in [0.25, 0.3) is 0 Å². The summed E-state index contributed by atoms with van der Waals surface area (Å²) in [6.07, 6.45) is 2.63. The second-order valence-electron chi connectivity index (χ2n) is 5.03. The Morgan fingerprint density at radius 2 is 2.15 bits per heavy atom. The number of halogens is 1. The third-order valence-corrected chi connectivity index (χ3v) is 3.82. The van der Waals surface area contributed by atoms with Crippen LogP contribution >= 0.6 is 11.6 Å². The zero-order valence-electron chi connectivity index (χ0n) is 11.7. The lowest BCUT2D eigenvalue weighted by atomic mass is 10.0. The summed E-state index contributed by atoms with van der Waals surface area (Å²) < 4.78 is 5.35. The number of benzene rings is 1. The number of hydrogen-bond acceptors (Lipinski definition) is 3. The van der Waals surface area contributed by atoms with Gasteiger partial charge in [-0.3, -0.25) is 4.79 Å². The van der Waals surface area contributed by atoms with Gasteiger partial charge in [0.1, 0.15) is 0 Å². The zero-order chi connectivity index (χ0) is 14.4. The smallest absolute Gasteiger partial charge is 0.224 e. The summed E-state index contributed by atoms with van der Waals surface area (Å²) in [5.74, 6) is 0.622. The summed E-state index contributed by atoms with van der Waals surface area (Å²) in [7, 11) is 0. The summed E-state index contributed by atoms with van der Waals surface area (Å²) in [4.78, 5) is 11.4. The summed E-state index contributed by atoms with van der Waals surface area (Å²) in [6.45, 7) is 4.39. The van der Waals surface area contributed by atoms with E-state index in [9.17, 15) is 4.79 Å². The number of nitrogens with one attached hydrogen (secondary N) is 2. The van der Waals surface area contributed by atoms with E-state index in [1.165, 1.54) is 0 Å². The SMILES string of the molecule is CCC(=O)Nc1ccc(Cl)c(NCC2CCOCC2)c1. The Kier molecular flexibility index (Phi) is 5.68. The van der Waals surface area contributed by atoms with Gasteiger partial charge in [0.05, 0.1) is 10.7 Å². The van der Waals surface area contributed by atoms with Gasteiger partial charge in [0, 0.05) is 31.9 Å². The normalized spacial score (nSPS) is 15.9. The van der Waals surface area contributed by atoms with Crippen LogP contribution in [0.2, 0.25) is 5.02 Å². The number of carbonyl (C=O) groups is 1. The van der Waals surface area contributed by atoms with Crippen molar-refractivity contribution >= 4 is 28.9 Å². The molecule has 110 valence electrons. The molecule has 0 unspecified atom stereocenters. The van der Waals surface area contributed by atoms with Gasteiger partial charge in [-0.05, 0) is 37.0 Å². The molecule has 4 nitrogen and oxygen atoms in total. The van der Waals surface area contributed by atoms with E-state index >= 15 is 0 Å². The highest BCUT2D eigenvalue weighted by Gasteiger charge is 2.14. The monoisotopic (exact) mass is 296 g/mol. The van der Waals surface area contributed by atoms with E-state index in [1.807, 2.05) is 19.1 Å². The van der Waals surface area contributed by atoms with Gasteiger partial charge >= 0.3 is 0 Å². The molecule has 1 aliphatic rings. The highest BCUT2D eigenvalue weighted by molar-refractivity contribution is 6.33. The first kappa shape index (κ1) is 15.1. The van der Waals surface area contributed by atoms with E-state index in [2.05, 4.69) is 10.6 Å². The van der Waals surface area contributed by atoms with Crippen molar-refractivity contribution in [3.05, 3.63) is 23.2 Å². The number of hydrogen-bond donors (Lipinski definition) is 2. The summed E-state index contributed by atoms with van der Waals surface area (Å²) >= 11 is 6.18. The molecule has 0 bridgehead atoms. The number of anilines is 2. The van der Waals surface area contributed by atoms with Gasteiger partial charge in [0.2, 0.25) is 5.91 Å². The Bertz CT molecular complexity index is 459. The van der Waals surface area contributed by atoms with E-state index in [0.717, 1.165) is 44.0 Å². The second kappa shape index (κ2) is 7.50. The van der Waals surface area contributed by atoms with Gasteiger partial charge < -0.3 is 15.4 Å². The van der Waals surface area contributed by atoms with E-state index in [0.29, 0.717) is 17.4 Å². The van der Waals surface area contributed by atoms with Gasteiger partial charge in [-0.25, -0.2) is 0 Å². The number of rotatable bonds is 5. The molecule has 20 heavy (non-hydrogen) atoms. The van der Waals surface area contributed by atoms with Gasteiger partial charge in [-0.1, -0.05) is 18.5 Å². The third kappa shape index (κ3) is 4.39. The Balaban J connectivity index is 1.95. The predicted molar refractivity (Wildman–Crippen MR) is 82.4 cm³/mol. The zero-order valence-corrected chi connectivity index (χ0v) is 12.5. The van der Waals surface area contributed by atoms with Crippen LogP contribution in [0.15, 0.2) is 18.2 Å². The molecule has 1 amide bonds. The average molecular weight is 297 g/mol. The topological polar surface area (TPSA) is 50.4 Å². The van der Waals surface area contributed by atoms with Gasteiger partial charge in [-0.2, -0.15) is 0 Å². The largest absolute Gasteiger partial charge is 0.383 e. The molecule has 0 atom stereocenters. The van der Waals surface area contributed by atoms with Crippen molar-refractivity contribution < 1.29 is 9.53 Å². The maximum Gasteiger partial charge on any atom is 0.224 e. The highest BCUT2D eigenvalue weighted by atomic mass is 35.5. The minimum atomic E-state index is 0.00250. The quantitative estimate of drug-likeness (QED) is 0.874. The molecule has 0 aromatic heterocycles. The fourth-order valence-electron chi connectivity index (χ4n) is 2.19. The average Bonchev–Trinajstić information content (AvgIpc) is 2.48. The lowest BCUT2D eigenvalue weighted by Gasteiger charge is -2.23. The molecule has 2 N–H and O–H groups in total. The first-order valence-electron chi connectivity index (χ1n) is 7.10. The summed E-state index contributed by atoms with van der Waals surface area (Å²) in [6, 6.07) is 5.50. The molecular formula is C15H21ClN2O2. The van der Waals surface area contributed by atoms with Crippen LogP contribution in [-0.4, -0.2) is 25.7 Å². The maximum absolute atomic E-state index is 11.4. The minimum absolute atomic E-state index is 0.00250. The molecule has 1 heterocycles. The van der Waals surface area contributed by atoms with Crippen LogP contribution in [-0.2, 0) is 9.53 Å². The van der Waals surface area contributed by atoms with Crippen LogP contribution < -0.4 is 10.6 Å². The molecular weight excluding hydrogens is 276 g/mol. The third-order valence-electron chi connectivity index (χ3n) is 3.49. The van der Waals surface area contributed by atoms with Gasteiger partial charge in [0.25, 0.3) is 0 Å². The van der Waals surface area contributed by atoms with Crippen molar-refractivity contribution in [1.29, 1.82) is 0 Å². The van der Waals surface area contributed by atoms with Crippen molar-refractivity contribution in [2.24, 2.45) is 5.92 Å². The first-order valence-corrected chi connectivity index (χ1v) is 7.48. The maximum atomic E-state index is 11.4. The van der Waals surface area contributed by atoms with Crippen LogP contribution in [0.5, 0.6) is 0 Å². The highest BCUT2D eigenvalue weighted by Crippen LogP contribution is 2.26. The van der Waals surface area contributed by atoms with Crippen LogP contribution in [0.3, 0.4) is 0 Å². The van der Waals surface area contributed by atoms with Crippen molar-refractivity contribution in [2.45, 2.75) is 26.2 Å². The fourth-order valence-corrected chi connectivity index (χ4v) is 2.38. The molecule has 1 saturated heterocycles. The summed E-state index contributed by atoms with van der Waals surface area (Å²) in [5.41, 5.74) is 1.64. The summed E-state index contributed by atoms with van der Waals surface area (Å²) in [5, 5.41) is 6.89. The van der Waals surface area contributed by atoms with Crippen molar-refractivity contribution in [2.75, 3.05) is 30.4 Å². The Labute approximate surface area is 124 Å². The molecule has 0 radical (unpaired) electrons. The van der Waals surface area contributed by atoms with Gasteiger partial charge in [0.15, 0.2) is 0 Å². The van der Waals surface area contributed by atoms with E-state index in [-0.39, 0.29) is 5.91 Å². The molecule has 0 spiro atoms.